The number of nitrogens with zero attached hydrogens (tertiary/aromatic N) is 2. The van der Waals surface area contributed by atoms with Crippen molar-refractivity contribution in [3.05, 3.63) is 23.5 Å². The van der Waals surface area contributed by atoms with Gasteiger partial charge >= 0.3 is 0 Å². The molecule has 0 fully saturated rings. The normalized spacial score (nSPS) is 18.7. The Morgan fingerprint density at radius 1 is 0.889 bits per heavy atom. The van der Waals surface area contributed by atoms with E-state index in [2.05, 4.69) is 9.98 Å². The van der Waals surface area contributed by atoms with Crippen molar-refractivity contribution in [1.82, 2.24) is 0 Å². The predicted molar refractivity (Wildman–Crippen MR) is 33.1 cm³/mol. The first-order chi connectivity index (χ1) is 3.97. The van der Waals surface area contributed by atoms with Crippen LogP contribution < -0.4 is 0 Å². The molecule has 3 heteroatoms. The summed E-state index contributed by atoms with van der Waals surface area (Å²) in [5, 5.41) is 0. The first-order valence-electron chi connectivity index (χ1n) is 2.46. The molecule has 49 valence electrons. The molecule has 0 aromatic carbocycles. The van der Waals surface area contributed by atoms with Crippen molar-refractivity contribution < 1.29 is 17.1 Å². The minimum absolute atomic E-state index is 0. The fourth-order valence-electron chi connectivity index (χ4n) is 0.765. The Morgan fingerprint density at radius 3 is 1.78 bits per heavy atom. The number of hydrogen-bond donors (Lipinski definition) is 0. The average molecular weight is 168 g/mol. The number of fused-ring (bicyclic) bond motifs is 1. The number of aliphatic imine (C=N–C) groups is 2. The van der Waals surface area contributed by atoms with Crippen LogP contribution in [0.15, 0.2) is 33.5 Å². The Bertz CT molecular complexity index is 209. The van der Waals surface area contributed by atoms with E-state index in [9.17, 15) is 0 Å². The Hall–Kier alpha value is -0.661. The van der Waals surface area contributed by atoms with Crippen LogP contribution >= 0.6 is 0 Å². The molecule has 0 aliphatic carbocycles. The predicted octanol–water partition coefficient (Wildman–Crippen LogP) is 0.921. The second-order valence-corrected chi connectivity index (χ2v) is 1.66. The fraction of sp³-hybridized carbons (Fsp3) is 0. The molecule has 0 bridgehead atoms. The van der Waals surface area contributed by atoms with Crippen molar-refractivity contribution in [2.45, 2.75) is 0 Å². The van der Waals surface area contributed by atoms with Gasteiger partial charge in [0.1, 0.15) is 0 Å². The van der Waals surface area contributed by atoms with Gasteiger partial charge in [-0.1, -0.05) is 0 Å². The van der Waals surface area contributed by atoms with E-state index in [1.54, 1.807) is 12.4 Å². The zero-order chi connectivity index (χ0) is 5.40. The molecule has 0 saturated carbocycles. The SMILES string of the molecule is C1=NC2=CC=NC2=C1.[Cu]. The van der Waals surface area contributed by atoms with Crippen molar-refractivity contribution >= 4 is 12.4 Å². The zero-order valence-electron chi connectivity index (χ0n) is 4.51. The minimum atomic E-state index is 0. The van der Waals surface area contributed by atoms with Crippen LogP contribution in [0.25, 0.3) is 0 Å². The molecule has 0 spiro atoms. The van der Waals surface area contributed by atoms with Gasteiger partial charge in [-0.2, -0.15) is 0 Å². The van der Waals surface area contributed by atoms with Crippen LogP contribution in [0.2, 0.25) is 0 Å². The van der Waals surface area contributed by atoms with Crippen molar-refractivity contribution in [1.29, 1.82) is 0 Å². The van der Waals surface area contributed by atoms with Gasteiger partial charge in [0, 0.05) is 29.5 Å². The Kier molecular flexibility index (Phi) is 1.65. The third-order valence-electron chi connectivity index (χ3n) is 1.15. The smallest absolute Gasteiger partial charge is 0.0901 e. The summed E-state index contributed by atoms with van der Waals surface area (Å²) in [7, 11) is 0. The molecule has 0 amide bonds. The van der Waals surface area contributed by atoms with Gasteiger partial charge in [-0.25, -0.2) is 0 Å². The first kappa shape index (κ1) is 6.46. The molecule has 2 nitrogen and oxygen atoms in total. The van der Waals surface area contributed by atoms with E-state index < -0.39 is 0 Å². The van der Waals surface area contributed by atoms with Gasteiger partial charge in [-0.05, 0) is 12.2 Å². The molecule has 2 aliphatic heterocycles. The molecule has 2 rings (SSSR count). The second kappa shape index (κ2) is 2.29. The van der Waals surface area contributed by atoms with Crippen molar-refractivity contribution in [3.8, 4) is 0 Å². The third-order valence-corrected chi connectivity index (χ3v) is 1.15. The molecule has 0 aromatic heterocycles. The standard InChI is InChI=1S/C6H4N2.Cu/c1-3-7-6-2-4-8-5(1)6;/h1-4H;. The maximum Gasteiger partial charge on any atom is 0.0901 e. The fourth-order valence-corrected chi connectivity index (χ4v) is 0.765. The molecular weight excluding hydrogens is 164 g/mol. The summed E-state index contributed by atoms with van der Waals surface area (Å²) in [6.45, 7) is 0. The quantitative estimate of drug-likeness (QED) is 0.480. The Balaban J connectivity index is 0.000000405. The van der Waals surface area contributed by atoms with E-state index in [0.717, 1.165) is 11.4 Å². The monoisotopic (exact) mass is 167 g/mol. The summed E-state index contributed by atoms with van der Waals surface area (Å²) < 4.78 is 0. The van der Waals surface area contributed by atoms with E-state index in [1.165, 1.54) is 0 Å². The molecule has 0 atom stereocenters. The number of rotatable bonds is 0. The van der Waals surface area contributed by atoms with Crippen LogP contribution in [0.3, 0.4) is 0 Å². The van der Waals surface area contributed by atoms with Gasteiger partial charge in [0.2, 0.25) is 0 Å². The summed E-state index contributed by atoms with van der Waals surface area (Å²) in [4.78, 5) is 8.03. The first-order valence-corrected chi connectivity index (χ1v) is 2.46. The van der Waals surface area contributed by atoms with Crippen LogP contribution in [-0.2, 0) is 17.1 Å². The molecule has 9 heavy (non-hydrogen) atoms. The minimum Gasteiger partial charge on any atom is -0.254 e. The van der Waals surface area contributed by atoms with Crippen LogP contribution in [0, 0.1) is 0 Å². The van der Waals surface area contributed by atoms with Gasteiger partial charge in [0.25, 0.3) is 0 Å². The van der Waals surface area contributed by atoms with E-state index in [-0.39, 0.29) is 17.1 Å². The third kappa shape index (κ3) is 0.889. The van der Waals surface area contributed by atoms with Crippen molar-refractivity contribution in [2.75, 3.05) is 0 Å². The Labute approximate surface area is 63.6 Å². The molecule has 1 radical (unpaired) electrons. The maximum atomic E-state index is 4.02. The van der Waals surface area contributed by atoms with Gasteiger partial charge < -0.3 is 0 Å². The second-order valence-electron chi connectivity index (χ2n) is 1.66. The molecule has 2 heterocycles. The summed E-state index contributed by atoms with van der Waals surface area (Å²) >= 11 is 0. The van der Waals surface area contributed by atoms with Gasteiger partial charge in [-0.15, -0.1) is 0 Å². The number of hydrogen-bond acceptors (Lipinski definition) is 2. The zero-order valence-corrected chi connectivity index (χ0v) is 5.45. The molecule has 0 aromatic rings. The van der Waals surface area contributed by atoms with E-state index in [1.807, 2.05) is 12.2 Å². The Morgan fingerprint density at radius 2 is 1.33 bits per heavy atom. The van der Waals surface area contributed by atoms with Gasteiger partial charge in [0.05, 0.1) is 11.4 Å². The average Bonchev–Trinajstić information content (AvgIpc) is 2.15. The van der Waals surface area contributed by atoms with Crippen LogP contribution in [0.4, 0.5) is 0 Å². The molecule has 0 unspecified atom stereocenters. The summed E-state index contributed by atoms with van der Waals surface area (Å²) in [5.41, 5.74) is 1.98. The molecule has 2 aliphatic rings. The van der Waals surface area contributed by atoms with Gasteiger partial charge in [-0.3, -0.25) is 9.98 Å². The van der Waals surface area contributed by atoms with Crippen LogP contribution in [0.5, 0.6) is 0 Å². The summed E-state index contributed by atoms with van der Waals surface area (Å²) in [6.07, 6.45) is 7.32. The van der Waals surface area contributed by atoms with E-state index >= 15 is 0 Å². The van der Waals surface area contributed by atoms with Crippen LogP contribution in [0.1, 0.15) is 0 Å². The van der Waals surface area contributed by atoms with Crippen LogP contribution in [-0.4, -0.2) is 12.4 Å². The molecule has 0 N–H and O–H groups in total. The van der Waals surface area contributed by atoms with Crippen molar-refractivity contribution in [2.24, 2.45) is 9.98 Å². The topological polar surface area (TPSA) is 24.7 Å². The molecular formula is C6H4CuN2. The van der Waals surface area contributed by atoms with Gasteiger partial charge in [0.15, 0.2) is 0 Å². The largest absolute Gasteiger partial charge is 0.254 e. The van der Waals surface area contributed by atoms with E-state index in [0.29, 0.717) is 0 Å². The molecule has 0 saturated heterocycles. The van der Waals surface area contributed by atoms with E-state index in [4.69, 9.17) is 0 Å². The number of allylic oxidation sites excluding steroid dienone is 2. The maximum absolute atomic E-state index is 4.02. The summed E-state index contributed by atoms with van der Waals surface area (Å²) in [5.74, 6) is 0. The summed E-state index contributed by atoms with van der Waals surface area (Å²) in [6, 6.07) is 0. The van der Waals surface area contributed by atoms with Crippen molar-refractivity contribution in [3.63, 3.8) is 0 Å².